The van der Waals surface area contributed by atoms with Crippen molar-refractivity contribution in [3.63, 3.8) is 0 Å². The van der Waals surface area contributed by atoms with Crippen molar-refractivity contribution in [2.45, 2.75) is 31.2 Å². The fraction of sp³-hybridized carbons (Fsp3) is 0.333. The van der Waals surface area contributed by atoms with Crippen molar-refractivity contribution in [1.82, 2.24) is 14.9 Å². The maximum absolute atomic E-state index is 11.7. The molecule has 0 unspecified atom stereocenters. The van der Waals surface area contributed by atoms with E-state index in [0.717, 1.165) is 11.3 Å². The monoisotopic (exact) mass is 336 g/mol. The number of benzene rings is 1. The van der Waals surface area contributed by atoms with Crippen LogP contribution < -0.4 is 10.5 Å². The summed E-state index contributed by atoms with van der Waals surface area (Å²) in [6.45, 7) is 6.62. The molecule has 0 aliphatic carbocycles. The van der Waals surface area contributed by atoms with E-state index in [4.69, 9.17) is 5.14 Å². The largest absolute Gasteiger partial charge is 0.353 e. The van der Waals surface area contributed by atoms with Gasteiger partial charge in [-0.05, 0) is 25.1 Å². The van der Waals surface area contributed by atoms with Gasteiger partial charge >= 0.3 is 0 Å². The Morgan fingerprint density at radius 1 is 1.48 bits per heavy atom. The number of carbonyl (C=O) groups excluding carboxylic acids is 1. The summed E-state index contributed by atoms with van der Waals surface area (Å²) in [5.41, 5.74) is 1.38. The minimum absolute atomic E-state index is 0.0287. The van der Waals surface area contributed by atoms with Gasteiger partial charge in [-0.2, -0.15) is 0 Å². The van der Waals surface area contributed by atoms with Crippen LogP contribution in [-0.2, 0) is 27.8 Å². The molecule has 0 bridgehead atoms. The highest BCUT2D eigenvalue weighted by molar-refractivity contribution is 7.89. The number of fused-ring (bicyclic) bond motifs is 1. The van der Waals surface area contributed by atoms with Gasteiger partial charge in [0.2, 0.25) is 15.9 Å². The van der Waals surface area contributed by atoms with Gasteiger partial charge in [0.25, 0.3) is 0 Å². The number of sulfonamides is 1. The van der Waals surface area contributed by atoms with E-state index in [0.29, 0.717) is 31.4 Å². The maximum Gasteiger partial charge on any atom is 0.238 e. The molecule has 2 aromatic rings. The van der Waals surface area contributed by atoms with E-state index in [1.807, 2.05) is 11.5 Å². The molecule has 0 aliphatic rings. The van der Waals surface area contributed by atoms with E-state index in [-0.39, 0.29) is 10.8 Å². The molecule has 1 aromatic carbocycles. The van der Waals surface area contributed by atoms with Crippen LogP contribution in [0.4, 0.5) is 0 Å². The molecule has 23 heavy (non-hydrogen) atoms. The molecule has 0 atom stereocenters. The lowest BCUT2D eigenvalue weighted by Crippen LogP contribution is -2.23. The average Bonchev–Trinajstić information content (AvgIpc) is 2.86. The summed E-state index contributed by atoms with van der Waals surface area (Å²) in [7, 11) is -3.76. The van der Waals surface area contributed by atoms with Crippen molar-refractivity contribution in [1.29, 1.82) is 0 Å². The number of nitrogens with one attached hydrogen (secondary N) is 1. The summed E-state index contributed by atoms with van der Waals surface area (Å²) in [4.78, 5) is 16.2. The zero-order valence-corrected chi connectivity index (χ0v) is 13.8. The van der Waals surface area contributed by atoms with Crippen LogP contribution in [0, 0.1) is 0 Å². The molecule has 2 rings (SSSR count). The number of carbonyl (C=O) groups is 1. The highest BCUT2D eigenvalue weighted by atomic mass is 32.2. The van der Waals surface area contributed by atoms with Crippen LogP contribution in [-0.4, -0.2) is 30.4 Å². The van der Waals surface area contributed by atoms with Crippen LogP contribution in [0.5, 0.6) is 0 Å². The minimum Gasteiger partial charge on any atom is -0.353 e. The van der Waals surface area contributed by atoms with Gasteiger partial charge in [-0.1, -0.05) is 6.08 Å². The molecule has 3 N–H and O–H groups in total. The molecule has 0 saturated heterocycles. The third-order valence-corrected chi connectivity index (χ3v) is 4.37. The zero-order chi connectivity index (χ0) is 17.0. The highest BCUT2D eigenvalue weighted by Gasteiger charge is 2.14. The van der Waals surface area contributed by atoms with Gasteiger partial charge < -0.3 is 9.88 Å². The third-order valence-electron chi connectivity index (χ3n) is 3.46. The Bertz CT molecular complexity index is 840. The van der Waals surface area contributed by atoms with Gasteiger partial charge in [-0.15, -0.1) is 6.58 Å². The van der Waals surface area contributed by atoms with Gasteiger partial charge in [0.1, 0.15) is 5.82 Å². The number of primary sulfonamides is 1. The molecular weight excluding hydrogens is 316 g/mol. The lowest BCUT2D eigenvalue weighted by atomic mass is 10.2. The predicted molar refractivity (Wildman–Crippen MR) is 88.3 cm³/mol. The second-order valence-electron chi connectivity index (χ2n) is 5.06. The molecule has 0 saturated carbocycles. The smallest absolute Gasteiger partial charge is 0.238 e. The zero-order valence-electron chi connectivity index (χ0n) is 12.9. The van der Waals surface area contributed by atoms with Gasteiger partial charge in [0.15, 0.2) is 0 Å². The van der Waals surface area contributed by atoms with E-state index in [2.05, 4.69) is 16.9 Å². The third kappa shape index (κ3) is 3.96. The molecule has 1 amide bonds. The second kappa shape index (κ2) is 6.93. The quantitative estimate of drug-likeness (QED) is 0.734. The fourth-order valence-corrected chi connectivity index (χ4v) is 2.91. The number of aromatic nitrogens is 2. The summed E-state index contributed by atoms with van der Waals surface area (Å²) >= 11 is 0. The molecule has 0 aliphatic heterocycles. The van der Waals surface area contributed by atoms with E-state index >= 15 is 0 Å². The van der Waals surface area contributed by atoms with E-state index < -0.39 is 10.0 Å². The first kappa shape index (κ1) is 17.2. The summed E-state index contributed by atoms with van der Waals surface area (Å²) in [6.07, 6.45) is 2.39. The number of imidazole rings is 1. The van der Waals surface area contributed by atoms with Crippen LogP contribution in [0.25, 0.3) is 11.0 Å². The Labute approximate surface area is 135 Å². The van der Waals surface area contributed by atoms with Crippen LogP contribution >= 0.6 is 0 Å². The predicted octanol–water partition coefficient (Wildman–Crippen LogP) is 0.938. The first-order valence-corrected chi connectivity index (χ1v) is 8.81. The summed E-state index contributed by atoms with van der Waals surface area (Å²) in [5, 5.41) is 7.86. The SMILES string of the molecule is C=CCNC(=O)CCc1nc2cc(S(N)(=O)=O)ccc2n1CC. The van der Waals surface area contributed by atoms with Crippen molar-refractivity contribution in [2.75, 3.05) is 6.54 Å². The van der Waals surface area contributed by atoms with Gasteiger partial charge in [-0.3, -0.25) is 4.79 Å². The Balaban J connectivity index is 2.29. The molecule has 0 fully saturated rings. The molecule has 0 radical (unpaired) electrons. The van der Waals surface area contributed by atoms with Crippen molar-refractivity contribution in [2.24, 2.45) is 5.14 Å². The van der Waals surface area contributed by atoms with Crippen LogP contribution in [0.1, 0.15) is 19.2 Å². The lowest BCUT2D eigenvalue weighted by Gasteiger charge is -2.06. The summed E-state index contributed by atoms with van der Waals surface area (Å²) in [6, 6.07) is 4.61. The Kier molecular flexibility index (Phi) is 5.17. The Morgan fingerprint density at radius 2 is 2.22 bits per heavy atom. The minimum atomic E-state index is -3.76. The average molecular weight is 336 g/mol. The van der Waals surface area contributed by atoms with Gasteiger partial charge in [-0.25, -0.2) is 18.5 Å². The fourth-order valence-electron chi connectivity index (χ4n) is 2.38. The molecule has 7 nitrogen and oxygen atoms in total. The Hall–Kier alpha value is -2.19. The van der Waals surface area contributed by atoms with E-state index in [9.17, 15) is 13.2 Å². The number of aryl methyl sites for hydroxylation is 2. The molecule has 1 heterocycles. The van der Waals surface area contributed by atoms with Crippen LogP contribution in [0.15, 0.2) is 35.7 Å². The van der Waals surface area contributed by atoms with Crippen LogP contribution in [0.2, 0.25) is 0 Å². The van der Waals surface area contributed by atoms with Crippen molar-refractivity contribution in [3.8, 4) is 0 Å². The first-order chi connectivity index (χ1) is 10.9. The van der Waals surface area contributed by atoms with Crippen molar-refractivity contribution in [3.05, 3.63) is 36.7 Å². The molecular formula is C15H20N4O3S. The molecule has 8 heteroatoms. The van der Waals surface area contributed by atoms with Gasteiger partial charge in [0, 0.05) is 25.9 Å². The molecule has 0 spiro atoms. The van der Waals surface area contributed by atoms with Crippen LogP contribution in [0.3, 0.4) is 0 Å². The topological polar surface area (TPSA) is 107 Å². The Morgan fingerprint density at radius 3 is 2.83 bits per heavy atom. The van der Waals surface area contributed by atoms with Crippen molar-refractivity contribution >= 4 is 27.0 Å². The highest BCUT2D eigenvalue weighted by Crippen LogP contribution is 2.20. The number of amides is 1. The van der Waals surface area contributed by atoms with E-state index in [1.54, 1.807) is 12.1 Å². The summed E-state index contributed by atoms with van der Waals surface area (Å²) < 4.78 is 24.8. The number of hydrogen-bond donors (Lipinski definition) is 2. The number of nitrogens with two attached hydrogens (primary N) is 1. The number of hydrogen-bond acceptors (Lipinski definition) is 4. The summed E-state index contributed by atoms with van der Waals surface area (Å²) in [5.74, 6) is 0.660. The standard InChI is InChI=1S/C15H20N4O3S/c1-3-9-17-15(20)8-7-14-18-12-10-11(23(16,21)22)5-6-13(12)19(14)4-2/h3,5-6,10H,1,4,7-9H2,2H3,(H,17,20)(H2,16,21,22). The maximum atomic E-state index is 11.7. The second-order valence-corrected chi connectivity index (χ2v) is 6.62. The molecule has 124 valence electrons. The van der Waals surface area contributed by atoms with E-state index in [1.165, 1.54) is 12.1 Å². The van der Waals surface area contributed by atoms with Gasteiger partial charge in [0.05, 0.1) is 15.9 Å². The number of rotatable bonds is 7. The number of nitrogens with zero attached hydrogens (tertiary/aromatic N) is 2. The van der Waals surface area contributed by atoms with Crippen molar-refractivity contribution < 1.29 is 13.2 Å². The normalized spacial score (nSPS) is 11.6. The first-order valence-electron chi connectivity index (χ1n) is 7.26. The lowest BCUT2D eigenvalue weighted by molar-refractivity contribution is -0.120. The molecule has 1 aromatic heterocycles.